The minimum atomic E-state index is -1.02. The summed E-state index contributed by atoms with van der Waals surface area (Å²) in [5, 5.41) is 0. The summed E-state index contributed by atoms with van der Waals surface area (Å²) in [6.45, 7) is 0. The van der Waals surface area contributed by atoms with Crippen LogP contribution in [-0.4, -0.2) is 17.4 Å². The first-order chi connectivity index (χ1) is 10.6. The molecule has 0 saturated heterocycles. The lowest BCUT2D eigenvalue weighted by Crippen LogP contribution is -2.58. The molecule has 0 heterocycles. The van der Waals surface area contributed by atoms with E-state index in [4.69, 9.17) is 5.73 Å². The van der Waals surface area contributed by atoms with E-state index in [1.165, 1.54) is 0 Å². The van der Waals surface area contributed by atoms with E-state index in [-0.39, 0.29) is 11.8 Å². The van der Waals surface area contributed by atoms with E-state index in [9.17, 15) is 9.59 Å². The van der Waals surface area contributed by atoms with E-state index in [1.807, 2.05) is 30.3 Å². The molecule has 112 valence electrons. The van der Waals surface area contributed by atoms with Crippen molar-refractivity contribution in [1.29, 1.82) is 0 Å². The van der Waals surface area contributed by atoms with Crippen LogP contribution in [0.25, 0.3) is 0 Å². The first-order valence-corrected chi connectivity index (χ1v) is 7.10. The largest absolute Gasteiger partial charge is 0.317 e. The summed E-state index contributed by atoms with van der Waals surface area (Å²) in [5.74, 6) is -0.749. The van der Waals surface area contributed by atoms with Gasteiger partial charge in [-0.3, -0.25) is 20.4 Å². The van der Waals surface area contributed by atoms with Gasteiger partial charge in [0.2, 0.25) is 0 Å². The number of rotatable bonds is 2. The number of fused-ring (bicyclic) bond motifs is 1. The van der Waals surface area contributed by atoms with Crippen molar-refractivity contribution in [3.8, 4) is 0 Å². The summed E-state index contributed by atoms with van der Waals surface area (Å²) in [6.07, 6.45) is 0.937. The molecule has 0 radical (unpaired) electrons. The van der Waals surface area contributed by atoms with Crippen molar-refractivity contribution in [2.45, 2.75) is 18.4 Å². The molecule has 1 aliphatic carbocycles. The Labute approximate surface area is 128 Å². The Kier molecular flexibility index (Phi) is 3.65. The average Bonchev–Trinajstić information content (AvgIpc) is 2.90. The van der Waals surface area contributed by atoms with Crippen LogP contribution in [0.4, 0.5) is 0 Å². The summed E-state index contributed by atoms with van der Waals surface area (Å²) in [4.78, 5) is 24.2. The van der Waals surface area contributed by atoms with Crippen LogP contribution >= 0.6 is 0 Å². The van der Waals surface area contributed by atoms with Gasteiger partial charge in [-0.25, -0.2) is 0 Å². The number of nitrogens with one attached hydrogen (secondary N) is 2. The van der Waals surface area contributed by atoms with Crippen molar-refractivity contribution in [3.63, 3.8) is 0 Å². The molecule has 4 N–H and O–H groups in total. The van der Waals surface area contributed by atoms with Gasteiger partial charge in [-0.1, -0.05) is 42.5 Å². The van der Waals surface area contributed by atoms with E-state index in [0.717, 1.165) is 11.1 Å². The third kappa shape index (κ3) is 2.71. The van der Waals surface area contributed by atoms with E-state index < -0.39 is 5.54 Å². The van der Waals surface area contributed by atoms with Gasteiger partial charge in [0.05, 0.1) is 0 Å². The molecule has 1 aliphatic rings. The molecule has 0 atom stereocenters. The second kappa shape index (κ2) is 5.61. The Bertz CT molecular complexity index is 688. The molecule has 0 aromatic heterocycles. The van der Waals surface area contributed by atoms with E-state index in [2.05, 4.69) is 10.9 Å². The molecule has 2 amide bonds. The predicted octanol–water partition coefficient (Wildman–Crippen LogP) is 0.944. The van der Waals surface area contributed by atoms with E-state index in [1.54, 1.807) is 24.3 Å². The Morgan fingerprint density at radius 3 is 2.00 bits per heavy atom. The van der Waals surface area contributed by atoms with Gasteiger partial charge in [0.25, 0.3) is 11.8 Å². The van der Waals surface area contributed by atoms with Gasteiger partial charge in [-0.2, -0.15) is 0 Å². The number of nitrogens with two attached hydrogens (primary N) is 1. The summed E-state index contributed by atoms with van der Waals surface area (Å²) in [6, 6.07) is 16.5. The van der Waals surface area contributed by atoms with Gasteiger partial charge in [-0.05, 0) is 23.3 Å². The van der Waals surface area contributed by atoms with Crippen LogP contribution in [0.15, 0.2) is 54.6 Å². The molecule has 0 unspecified atom stereocenters. The SMILES string of the molecule is NC1(C(=O)NNC(=O)c2ccccc2)Cc2ccccc2C1. The second-order valence-corrected chi connectivity index (χ2v) is 5.55. The number of benzene rings is 2. The zero-order valence-corrected chi connectivity index (χ0v) is 12.0. The summed E-state index contributed by atoms with van der Waals surface area (Å²) in [7, 11) is 0. The number of hydrogen-bond acceptors (Lipinski definition) is 3. The maximum atomic E-state index is 12.3. The first-order valence-electron chi connectivity index (χ1n) is 7.10. The monoisotopic (exact) mass is 295 g/mol. The molecule has 22 heavy (non-hydrogen) atoms. The molecule has 0 spiro atoms. The molecule has 2 aromatic rings. The van der Waals surface area contributed by atoms with Crippen molar-refractivity contribution in [1.82, 2.24) is 10.9 Å². The number of hydrogen-bond donors (Lipinski definition) is 3. The Balaban J connectivity index is 1.63. The van der Waals surface area contributed by atoms with Crippen LogP contribution in [0.1, 0.15) is 21.5 Å². The van der Waals surface area contributed by atoms with Crippen molar-refractivity contribution in [2.75, 3.05) is 0 Å². The predicted molar refractivity (Wildman–Crippen MR) is 82.8 cm³/mol. The summed E-state index contributed by atoms with van der Waals surface area (Å²) in [5.41, 5.74) is 12.7. The number of hydrazine groups is 1. The van der Waals surface area contributed by atoms with E-state index in [0.29, 0.717) is 18.4 Å². The number of carbonyl (C=O) groups is 2. The van der Waals surface area contributed by atoms with Crippen LogP contribution in [0, 0.1) is 0 Å². The molecular weight excluding hydrogens is 278 g/mol. The van der Waals surface area contributed by atoms with Crippen LogP contribution in [-0.2, 0) is 17.6 Å². The highest BCUT2D eigenvalue weighted by atomic mass is 16.2. The van der Waals surface area contributed by atoms with Crippen LogP contribution in [0.5, 0.6) is 0 Å². The Hall–Kier alpha value is -2.66. The highest BCUT2D eigenvalue weighted by Gasteiger charge is 2.40. The maximum Gasteiger partial charge on any atom is 0.269 e. The normalized spacial score (nSPS) is 15.0. The fourth-order valence-electron chi connectivity index (χ4n) is 2.70. The van der Waals surface area contributed by atoms with Gasteiger partial charge < -0.3 is 5.73 Å². The maximum absolute atomic E-state index is 12.3. The molecule has 3 rings (SSSR count). The molecule has 2 aromatic carbocycles. The average molecular weight is 295 g/mol. The van der Waals surface area contributed by atoms with Gasteiger partial charge >= 0.3 is 0 Å². The van der Waals surface area contributed by atoms with Gasteiger partial charge in [0.1, 0.15) is 5.54 Å². The van der Waals surface area contributed by atoms with Crippen LogP contribution < -0.4 is 16.6 Å². The van der Waals surface area contributed by atoms with Crippen molar-refractivity contribution in [3.05, 3.63) is 71.3 Å². The lowest BCUT2D eigenvalue weighted by Gasteiger charge is -2.22. The fourth-order valence-corrected chi connectivity index (χ4v) is 2.70. The van der Waals surface area contributed by atoms with Crippen LogP contribution in [0.2, 0.25) is 0 Å². The summed E-state index contributed by atoms with van der Waals surface area (Å²) < 4.78 is 0. The smallest absolute Gasteiger partial charge is 0.269 e. The number of amides is 2. The molecular formula is C17H17N3O2. The molecule has 0 bridgehead atoms. The van der Waals surface area contributed by atoms with Crippen molar-refractivity contribution >= 4 is 11.8 Å². The third-order valence-electron chi connectivity index (χ3n) is 3.91. The molecule has 0 saturated carbocycles. The lowest BCUT2D eigenvalue weighted by atomic mass is 9.96. The van der Waals surface area contributed by atoms with Gasteiger partial charge in [0.15, 0.2) is 0 Å². The molecule has 0 aliphatic heterocycles. The Morgan fingerprint density at radius 1 is 0.864 bits per heavy atom. The fraction of sp³-hybridized carbons (Fsp3) is 0.176. The minimum absolute atomic E-state index is 0.368. The molecule has 0 fully saturated rings. The highest BCUT2D eigenvalue weighted by Crippen LogP contribution is 2.28. The van der Waals surface area contributed by atoms with Crippen molar-refractivity contribution < 1.29 is 9.59 Å². The summed E-state index contributed by atoms with van der Waals surface area (Å²) >= 11 is 0. The van der Waals surface area contributed by atoms with Gasteiger partial charge in [0, 0.05) is 18.4 Å². The molecule has 5 nitrogen and oxygen atoms in total. The van der Waals surface area contributed by atoms with Crippen molar-refractivity contribution in [2.24, 2.45) is 5.73 Å². The van der Waals surface area contributed by atoms with Crippen LogP contribution in [0.3, 0.4) is 0 Å². The second-order valence-electron chi connectivity index (χ2n) is 5.55. The van der Waals surface area contributed by atoms with Gasteiger partial charge in [-0.15, -0.1) is 0 Å². The standard InChI is InChI=1S/C17H17N3O2/c18-17(10-13-8-4-5-9-14(13)11-17)16(22)20-19-15(21)12-6-2-1-3-7-12/h1-9H,10-11,18H2,(H,19,21)(H,20,22). The quantitative estimate of drug-likeness (QED) is 0.721. The van der Waals surface area contributed by atoms with E-state index >= 15 is 0 Å². The zero-order valence-electron chi connectivity index (χ0n) is 12.0. The third-order valence-corrected chi connectivity index (χ3v) is 3.91. The first kappa shape index (κ1) is 14.3. The highest BCUT2D eigenvalue weighted by molar-refractivity contribution is 5.96. The number of carbonyl (C=O) groups excluding carboxylic acids is 2. The lowest BCUT2D eigenvalue weighted by molar-refractivity contribution is -0.126. The molecule has 5 heteroatoms. The Morgan fingerprint density at radius 2 is 1.41 bits per heavy atom. The minimum Gasteiger partial charge on any atom is -0.317 e. The topological polar surface area (TPSA) is 84.2 Å². The zero-order chi connectivity index (χ0) is 15.6.